The van der Waals surface area contributed by atoms with Gasteiger partial charge in [-0.3, -0.25) is 4.90 Å². The largest absolute Gasteiger partial charge is 0.494 e. The molecule has 0 bridgehead atoms. The Bertz CT molecular complexity index is 1060. The fourth-order valence-corrected chi connectivity index (χ4v) is 4.32. The van der Waals surface area contributed by atoms with Gasteiger partial charge < -0.3 is 25.3 Å². The van der Waals surface area contributed by atoms with E-state index in [-0.39, 0.29) is 11.7 Å². The van der Waals surface area contributed by atoms with Crippen molar-refractivity contribution >= 4 is 23.5 Å². The van der Waals surface area contributed by atoms with Gasteiger partial charge in [0.15, 0.2) is 11.6 Å². The number of nitrogens with zero attached hydrogens (tertiary/aromatic N) is 7. The van der Waals surface area contributed by atoms with Crippen molar-refractivity contribution in [3.05, 3.63) is 42.7 Å². The Hall–Kier alpha value is -3.47. The fourth-order valence-electron chi connectivity index (χ4n) is 4.32. The van der Waals surface area contributed by atoms with E-state index in [1.807, 2.05) is 21.7 Å². The summed E-state index contributed by atoms with van der Waals surface area (Å²) in [5.74, 6) is 0.640. The molecule has 3 aromatic rings. The summed E-state index contributed by atoms with van der Waals surface area (Å²) in [7, 11) is 1.45. The molecule has 0 amide bonds. The molecule has 11 heteroatoms. The van der Waals surface area contributed by atoms with E-state index in [1.165, 1.54) is 13.2 Å². The third-order valence-electron chi connectivity index (χ3n) is 6.06. The number of hydrogen-bond acceptors (Lipinski definition) is 9. The first kappa shape index (κ1) is 23.7. The molecule has 182 valence electrons. The molecular weight excluding hydrogens is 437 g/mol. The van der Waals surface area contributed by atoms with Gasteiger partial charge >= 0.3 is 0 Å². The minimum Gasteiger partial charge on any atom is -0.494 e. The minimum absolute atomic E-state index is 0.111. The average molecular weight is 470 g/mol. The maximum atomic E-state index is 14.6. The first-order chi connectivity index (χ1) is 16.6. The number of nitrogens with two attached hydrogens (primary N) is 1. The lowest BCUT2D eigenvalue weighted by atomic mass is 10.2. The molecule has 0 saturated carbocycles. The van der Waals surface area contributed by atoms with E-state index in [1.54, 1.807) is 18.6 Å². The Morgan fingerprint density at radius 3 is 2.91 bits per heavy atom. The van der Waals surface area contributed by atoms with Crippen LogP contribution in [-0.2, 0) is 6.54 Å². The summed E-state index contributed by atoms with van der Waals surface area (Å²) in [5.41, 5.74) is 6.69. The zero-order valence-electron chi connectivity index (χ0n) is 19.7. The number of benzene rings is 1. The Labute approximate surface area is 199 Å². The van der Waals surface area contributed by atoms with Crippen molar-refractivity contribution in [2.45, 2.75) is 38.8 Å². The standard InChI is InChI=1S/C23H32FN9O/c1-3-32-12-4-6-18(32)15-33(17-7-8-20(34-2)19(24)14-17)23-29-21(25)28-22(30-23)27-9-5-11-31-13-10-26-16-31/h7-8,10,13-14,16,18H,3-6,9,11-12,15H2,1-2H3,(H3,25,27,28,29,30). The zero-order chi connectivity index (χ0) is 23.9. The Morgan fingerprint density at radius 2 is 2.18 bits per heavy atom. The highest BCUT2D eigenvalue weighted by atomic mass is 19.1. The van der Waals surface area contributed by atoms with Gasteiger partial charge in [-0.1, -0.05) is 6.92 Å². The van der Waals surface area contributed by atoms with E-state index in [0.717, 1.165) is 38.9 Å². The van der Waals surface area contributed by atoms with Gasteiger partial charge in [0.2, 0.25) is 17.8 Å². The first-order valence-corrected chi connectivity index (χ1v) is 11.6. The average Bonchev–Trinajstić information content (AvgIpc) is 3.51. The molecule has 1 unspecified atom stereocenters. The minimum atomic E-state index is -0.441. The van der Waals surface area contributed by atoms with Gasteiger partial charge in [-0.25, -0.2) is 9.37 Å². The van der Waals surface area contributed by atoms with E-state index in [9.17, 15) is 4.39 Å². The second kappa shape index (κ2) is 11.1. The van der Waals surface area contributed by atoms with Gasteiger partial charge in [0.1, 0.15) is 0 Å². The van der Waals surface area contributed by atoms with E-state index in [0.29, 0.717) is 36.7 Å². The molecule has 3 N–H and O–H groups in total. The number of likely N-dealkylation sites (N-methyl/N-ethyl adjacent to an activating group) is 1. The number of aryl methyl sites for hydroxylation is 1. The smallest absolute Gasteiger partial charge is 0.236 e. The zero-order valence-corrected chi connectivity index (χ0v) is 19.7. The van der Waals surface area contributed by atoms with Crippen LogP contribution in [0.1, 0.15) is 26.2 Å². The number of anilines is 4. The number of methoxy groups -OCH3 is 1. The highest BCUT2D eigenvalue weighted by Crippen LogP contribution is 2.30. The molecular formula is C23H32FN9O. The molecule has 0 aliphatic carbocycles. The van der Waals surface area contributed by atoms with Crippen LogP contribution >= 0.6 is 0 Å². The van der Waals surface area contributed by atoms with Crippen molar-refractivity contribution < 1.29 is 9.13 Å². The van der Waals surface area contributed by atoms with Crippen LogP contribution in [0.2, 0.25) is 0 Å². The number of imidazole rings is 1. The fraction of sp³-hybridized carbons (Fsp3) is 0.478. The predicted octanol–water partition coefficient (Wildman–Crippen LogP) is 2.92. The highest BCUT2D eigenvalue weighted by molar-refractivity contribution is 5.60. The maximum absolute atomic E-state index is 14.6. The molecule has 34 heavy (non-hydrogen) atoms. The summed E-state index contributed by atoms with van der Waals surface area (Å²) in [6, 6.07) is 5.18. The van der Waals surface area contributed by atoms with Crippen molar-refractivity contribution in [2.24, 2.45) is 0 Å². The number of hydrogen-bond donors (Lipinski definition) is 2. The van der Waals surface area contributed by atoms with Crippen molar-refractivity contribution in [1.29, 1.82) is 0 Å². The maximum Gasteiger partial charge on any atom is 0.236 e. The van der Waals surface area contributed by atoms with Crippen LogP contribution in [0.15, 0.2) is 36.9 Å². The van der Waals surface area contributed by atoms with Gasteiger partial charge in [0.05, 0.1) is 13.4 Å². The number of likely N-dealkylation sites (tertiary alicyclic amines) is 1. The summed E-state index contributed by atoms with van der Waals surface area (Å²) < 4.78 is 21.7. The van der Waals surface area contributed by atoms with E-state index >= 15 is 0 Å². The van der Waals surface area contributed by atoms with E-state index in [4.69, 9.17) is 10.5 Å². The van der Waals surface area contributed by atoms with Crippen LogP contribution in [0, 0.1) is 5.82 Å². The molecule has 1 aromatic carbocycles. The van der Waals surface area contributed by atoms with Gasteiger partial charge in [-0.05, 0) is 44.5 Å². The molecule has 4 rings (SSSR count). The Kier molecular flexibility index (Phi) is 7.73. The van der Waals surface area contributed by atoms with Gasteiger partial charge in [-0.2, -0.15) is 15.0 Å². The quantitative estimate of drug-likeness (QED) is 0.410. The lowest BCUT2D eigenvalue weighted by molar-refractivity contribution is 0.271. The monoisotopic (exact) mass is 469 g/mol. The van der Waals surface area contributed by atoms with Crippen molar-refractivity contribution in [3.8, 4) is 5.75 Å². The molecule has 2 aromatic heterocycles. The van der Waals surface area contributed by atoms with Crippen molar-refractivity contribution in [1.82, 2.24) is 29.4 Å². The molecule has 1 aliphatic rings. The predicted molar refractivity (Wildman–Crippen MR) is 130 cm³/mol. The topological polar surface area (TPSA) is 110 Å². The van der Waals surface area contributed by atoms with Gasteiger partial charge in [-0.15, -0.1) is 0 Å². The number of halogens is 1. The molecule has 1 atom stereocenters. The number of nitrogen functional groups attached to an aromatic ring is 1. The summed E-state index contributed by atoms with van der Waals surface area (Å²) >= 11 is 0. The van der Waals surface area contributed by atoms with Crippen LogP contribution in [0.5, 0.6) is 5.75 Å². The second-order valence-corrected chi connectivity index (χ2v) is 8.25. The van der Waals surface area contributed by atoms with Crippen molar-refractivity contribution in [2.75, 3.05) is 49.2 Å². The molecule has 10 nitrogen and oxygen atoms in total. The number of aromatic nitrogens is 5. The Morgan fingerprint density at radius 1 is 1.29 bits per heavy atom. The third kappa shape index (κ3) is 5.71. The number of nitrogens with one attached hydrogen (secondary N) is 1. The summed E-state index contributed by atoms with van der Waals surface area (Å²) in [4.78, 5) is 21.7. The van der Waals surface area contributed by atoms with Crippen LogP contribution in [0.4, 0.5) is 27.9 Å². The molecule has 1 fully saturated rings. The van der Waals surface area contributed by atoms with Gasteiger partial charge in [0.25, 0.3) is 0 Å². The van der Waals surface area contributed by atoms with E-state index < -0.39 is 5.82 Å². The normalized spacial score (nSPS) is 16.0. The van der Waals surface area contributed by atoms with E-state index in [2.05, 4.69) is 37.1 Å². The van der Waals surface area contributed by atoms with Crippen LogP contribution in [-0.4, -0.2) is 68.7 Å². The van der Waals surface area contributed by atoms with Crippen LogP contribution in [0.25, 0.3) is 0 Å². The summed E-state index contributed by atoms with van der Waals surface area (Å²) in [5, 5.41) is 3.23. The first-order valence-electron chi connectivity index (χ1n) is 11.6. The van der Waals surface area contributed by atoms with Crippen LogP contribution < -0.4 is 20.7 Å². The highest BCUT2D eigenvalue weighted by Gasteiger charge is 2.28. The summed E-state index contributed by atoms with van der Waals surface area (Å²) in [6.45, 7) is 6.26. The third-order valence-corrected chi connectivity index (χ3v) is 6.06. The molecule has 0 spiro atoms. The molecule has 1 saturated heterocycles. The molecule has 1 aliphatic heterocycles. The molecule has 0 radical (unpaired) electrons. The number of rotatable bonds is 11. The summed E-state index contributed by atoms with van der Waals surface area (Å²) in [6.07, 6.45) is 8.52. The van der Waals surface area contributed by atoms with Crippen molar-refractivity contribution in [3.63, 3.8) is 0 Å². The van der Waals surface area contributed by atoms with Crippen LogP contribution in [0.3, 0.4) is 0 Å². The number of ether oxygens (including phenoxy) is 1. The lowest BCUT2D eigenvalue weighted by Crippen LogP contribution is -2.39. The Balaban J connectivity index is 1.56. The lowest BCUT2D eigenvalue weighted by Gasteiger charge is -2.30. The molecule has 3 heterocycles. The second-order valence-electron chi connectivity index (χ2n) is 8.25. The SMILES string of the molecule is CCN1CCCC1CN(c1ccc(OC)c(F)c1)c1nc(N)nc(NCCCn2ccnc2)n1. The van der Waals surface area contributed by atoms with Gasteiger partial charge in [0, 0.05) is 49.8 Å².